The van der Waals surface area contributed by atoms with E-state index >= 15 is 0 Å². The molecule has 0 radical (unpaired) electrons. The van der Waals surface area contributed by atoms with Crippen molar-refractivity contribution in [3.05, 3.63) is 36.2 Å². The molecule has 0 atom stereocenters. The molecule has 1 aliphatic rings. The van der Waals surface area contributed by atoms with E-state index in [4.69, 9.17) is 4.52 Å². The average Bonchev–Trinajstić information content (AvgIpc) is 2.90. The summed E-state index contributed by atoms with van der Waals surface area (Å²) in [6.45, 7) is 0. The summed E-state index contributed by atoms with van der Waals surface area (Å²) in [6.07, 6.45) is 2.92. The van der Waals surface area contributed by atoms with Gasteiger partial charge < -0.3 is 4.52 Å². The highest BCUT2D eigenvalue weighted by atomic mass is 16.5. The predicted octanol–water partition coefficient (Wildman–Crippen LogP) is 2.96. The van der Waals surface area contributed by atoms with E-state index in [2.05, 4.69) is 10.1 Å². The standard InChI is InChI=1S/C14H14N2O2/c17-12-8-6-11(7-9-12)14-15-13(16-18-14)10-4-2-1-3-5-10/h1-5,11H,6-9H2. The fourth-order valence-electron chi connectivity index (χ4n) is 2.29. The number of carbonyl (C=O) groups is 1. The van der Waals surface area contributed by atoms with E-state index in [1.807, 2.05) is 30.3 Å². The van der Waals surface area contributed by atoms with Gasteiger partial charge in [0.1, 0.15) is 5.78 Å². The van der Waals surface area contributed by atoms with Crippen molar-refractivity contribution in [2.45, 2.75) is 31.6 Å². The van der Waals surface area contributed by atoms with Crippen LogP contribution >= 0.6 is 0 Å². The Hall–Kier alpha value is -1.97. The molecule has 1 heterocycles. The minimum absolute atomic E-state index is 0.243. The van der Waals surface area contributed by atoms with Gasteiger partial charge in [0.05, 0.1) is 0 Å². The molecule has 1 fully saturated rings. The Morgan fingerprint density at radius 2 is 1.83 bits per heavy atom. The largest absolute Gasteiger partial charge is 0.339 e. The molecule has 0 bridgehead atoms. The first-order valence-electron chi connectivity index (χ1n) is 6.23. The first-order chi connectivity index (χ1) is 8.83. The first-order valence-corrected chi connectivity index (χ1v) is 6.23. The Labute approximate surface area is 105 Å². The van der Waals surface area contributed by atoms with E-state index in [1.165, 1.54) is 0 Å². The number of ketones is 1. The molecule has 1 aromatic heterocycles. The molecule has 3 rings (SSSR count). The zero-order valence-corrected chi connectivity index (χ0v) is 10.0. The number of hydrogen-bond acceptors (Lipinski definition) is 4. The number of Topliss-reactive ketones (excluding diaryl/α,β-unsaturated/α-hetero) is 1. The lowest BCUT2D eigenvalue weighted by molar-refractivity contribution is -0.120. The van der Waals surface area contributed by atoms with Crippen molar-refractivity contribution in [1.29, 1.82) is 0 Å². The monoisotopic (exact) mass is 242 g/mol. The summed E-state index contributed by atoms with van der Waals surface area (Å²) < 4.78 is 5.32. The fourth-order valence-corrected chi connectivity index (χ4v) is 2.29. The molecule has 0 saturated heterocycles. The number of carbonyl (C=O) groups excluding carboxylic acids is 1. The Balaban J connectivity index is 1.80. The summed E-state index contributed by atoms with van der Waals surface area (Å²) >= 11 is 0. The second-order valence-corrected chi connectivity index (χ2v) is 4.64. The van der Waals surface area contributed by atoms with Gasteiger partial charge in [-0.05, 0) is 12.8 Å². The maximum Gasteiger partial charge on any atom is 0.230 e. The topological polar surface area (TPSA) is 56.0 Å². The van der Waals surface area contributed by atoms with Crippen LogP contribution in [0.2, 0.25) is 0 Å². The average molecular weight is 242 g/mol. The highest BCUT2D eigenvalue weighted by molar-refractivity contribution is 5.79. The van der Waals surface area contributed by atoms with Gasteiger partial charge in [0.25, 0.3) is 0 Å². The van der Waals surface area contributed by atoms with Gasteiger partial charge in [-0.25, -0.2) is 0 Å². The van der Waals surface area contributed by atoms with Gasteiger partial charge in [-0.2, -0.15) is 4.98 Å². The number of rotatable bonds is 2. The molecule has 92 valence electrons. The number of hydrogen-bond donors (Lipinski definition) is 0. The molecule has 0 unspecified atom stereocenters. The predicted molar refractivity (Wildman–Crippen MR) is 66.0 cm³/mol. The van der Waals surface area contributed by atoms with Crippen LogP contribution in [-0.4, -0.2) is 15.9 Å². The summed E-state index contributed by atoms with van der Waals surface area (Å²) in [6, 6.07) is 9.77. The highest BCUT2D eigenvalue weighted by Gasteiger charge is 2.25. The van der Waals surface area contributed by atoms with E-state index in [0.717, 1.165) is 18.4 Å². The summed E-state index contributed by atoms with van der Waals surface area (Å²) in [7, 11) is 0. The Kier molecular flexibility index (Phi) is 2.92. The normalized spacial score (nSPS) is 17.0. The summed E-state index contributed by atoms with van der Waals surface area (Å²) in [4.78, 5) is 15.6. The van der Waals surface area contributed by atoms with Gasteiger partial charge in [-0.3, -0.25) is 4.79 Å². The Bertz CT molecular complexity index is 538. The lowest BCUT2D eigenvalue weighted by Crippen LogP contribution is -2.12. The SMILES string of the molecule is O=C1CCC(c2nc(-c3ccccc3)no2)CC1. The van der Waals surface area contributed by atoms with Gasteiger partial charge >= 0.3 is 0 Å². The van der Waals surface area contributed by atoms with E-state index < -0.39 is 0 Å². The molecular weight excluding hydrogens is 228 g/mol. The molecular formula is C14H14N2O2. The van der Waals surface area contributed by atoms with Gasteiger partial charge in [0, 0.05) is 24.3 Å². The van der Waals surface area contributed by atoms with Crippen LogP contribution in [0.4, 0.5) is 0 Å². The minimum Gasteiger partial charge on any atom is -0.339 e. The molecule has 1 aromatic carbocycles. The molecule has 4 heteroatoms. The second kappa shape index (κ2) is 4.72. The number of nitrogens with zero attached hydrogens (tertiary/aromatic N) is 2. The molecule has 0 N–H and O–H groups in total. The van der Waals surface area contributed by atoms with Crippen molar-refractivity contribution in [2.24, 2.45) is 0 Å². The van der Waals surface area contributed by atoms with E-state index in [1.54, 1.807) is 0 Å². The lowest BCUT2D eigenvalue weighted by atomic mass is 9.88. The molecule has 4 nitrogen and oxygen atoms in total. The molecule has 1 aliphatic carbocycles. The quantitative estimate of drug-likeness (QED) is 0.812. The maximum atomic E-state index is 11.2. The van der Waals surface area contributed by atoms with Crippen LogP contribution in [-0.2, 0) is 4.79 Å². The zero-order chi connectivity index (χ0) is 12.4. The smallest absolute Gasteiger partial charge is 0.230 e. The highest BCUT2D eigenvalue weighted by Crippen LogP contribution is 2.31. The fraction of sp³-hybridized carbons (Fsp3) is 0.357. The van der Waals surface area contributed by atoms with Gasteiger partial charge in [-0.1, -0.05) is 35.5 Å². The molecule has 1 saturated carbocycles. The molecule has 2 aromatic rings. The van der Waals surface area contributed by atoms with E-state index in [-0.39, 0.29) is 5.92 Å². The molecule has 0 amide bonds. The third-order valence-corrected chi connectivity index (χ3v) is 3.37. The number of benzene rings is 1. The Morgan fingerprint density at radius 1 is 1.11 bits per heavy atom. The zero-order valence-electron chi connectivity index (χ0n) is 10.0. The van der Waals surface area contributed by atoms with E-state index in [9.17, 15) is 4.79 Å². The van der Waals surface area contributed by atoms with Crippen LogP contribution in [0.25, 0.3) is 11.4 Å². The first kappa shape index (κ1) is 11.1. The number of aromatic nitrogens is 2. The molecule has 0 aliphatic heterocycles. The lowest BCUT2D eigenvalue weighted by Gasteiger charge is -2.16. The van der Waals surface area contributed by atoms with E-state index in [0.29, 0.717) is 30.3 Å². The van der Waals surface area contributed by atoms with Crippen LogP contribution in [0.1, 0.15) is 37.5 Å². The van der Waals surface area contributed by atoms with Crippen molar-refractivity contribution in [3.8, 4) is 11.4 Å². The van der Waals surface area contributed by atoms with Crippen LogP contribution in [0.15, 0.2) is 34.9 Å². The molecule has 0 spiro atoms. The van der Waals surface area contributed by atoms with Crippen LogP contribution in [0, 0.1) is 0 Å². The maximum absolute atomic E-state index is 11.2. The summed E-state index contributed by atoms with van der Waals surface area (Å²) in [5.74, 6) is 1.88. The summed E-state index contributed by atoms with van der Waals surface area (Å²) in [5.41, 5.74) is 0.958. The van der Waals surface area contributed by atoms with Crippen molar-refractivity contribution in [3.63, 3.8) is 0 Å². The van der Waals surface area contributed by atoms with Crippen LogP contribution < -0.4 is 0 Å². The van der Waals surface area contributed by atoms with Crippen molar-refractivity contribution in [1.82, 2.24) is 10.1 Å². The van der Waals surface area contributed by atoms with Crippen molar-refractivity contribution < 1.29 is 9.32 Å². The van der Waals surface area contributed by atoms with Crippen molar-refractivity contribution in [2.75, 3.05) is 0 Å². The van der Waals surface area contributed by atoms with Gasteiger partial charge in [-0.15, -0.1) is 0 Å². The Morgan fingerprint density at radius 3 is 2.56 bits per heavy atom. The summed E-state index contributed by atoms with van der Waals surface area (Å²) in [5, 5.41) is 4.01. The molecule has 18 heavy (non-hydrogen) atoms. The van der Waals surface area contributed by atoms with Gasteiger partial charge in [0.2, 0.25) is 11.7 Å². The minimum atomic E-state index is 0.243. The van der Waals surface area contributed by atoms with Crippen LogP contribution in [0.3, 0.4) is 0 Å². The van der Waals surface area contributed by atoms with Crippen molar-refractivity contribution >= 4 is 5.78 Å². The van der Waals surface area contributed by atoms with Gasteiger partial charge in [0.15, 0.2) is 0 Å². The third kappa shape index (κ3) is 2.18. The van der Waals surface area contributed by atoms with Crippen LogP contribution in [0.5, 0.6) is 0 Å². The second-order valence-electron chi connectivity index (χ2n) is 4.64. The third-order valence-electron chi connectivity index (χ3n) is 3.37.